The first kappa shape index (κ1) is 15.9. The standard InChI is InChI=1S/C21H20O3/c1-22-20-13-12-19(23-15-17-8-4-2-5-9-17)14-21(20)24-16-18-10-6-3-7-11-18/h2-14H,15-16H2,1H3. The third-order valence-corrected chi connectivity index (χ3v) is 3.62. The van der Waals surface area contributed by atoms with Crippen molar-refractivity contribution in [2.45, 2.75) is 13.2 Å². The number of ether oxygens (including phenoxy) is 3. The summed E-state index contributed by atoms with van der Waals surface area (Å²) >= 11 is 0. The first-order valence-electron chi connectivity index (χ1n) is 7.86. The highest BCUT2D eigenvalue weighted by molar-refractivity contribution is 5.45. The SMILES string of the molecule is COc1ccc(OCc2ccccc2)cc1OCc1ccccc1. The average Bonchev–Trinajstić information content (AvgIpc) is 2.66. The molecule has 0 radical (unpaired) electrons. The van der Waals surface area contributed by atoms with Gasteiger partial charge in [0.1, 0.15) is 19.0 Å². The van der Waals surface area contributed by atoms with Gasteiger partial charge in [-0.15, -0.1) is 0 Å². The van der Waals surface area contributed by atoms with E-state index in [1.54, 1.807) is 7.11 Å². The Morgan fingerprint density at radius 1 is 0.625 bits per heavy atom. The van der Waals surface area contributed by atoms with Crippen molar-refractivity contribution in [1.29, 1.82) is 0 Å². The van der Waals surface area contributed by atoms with Gasteiger partial charge in [-0.25, -0.2) is 0 Å². The molecule has 24 heavy (non-hydrogen) atoms. The van der Waals surface area contributed by atoms with Crippen molar-refractivity contribution < 1.29 is 14.2 Å². The first-order valence-corrected chi connectivity index (χ1v) is 7.86. The Morgan fingerprint density at radius 3 is 1.79 bits per heavy atom. The first-order chi connectivity index (χ1) is 11.8. The fourth-order valence-electron chi connectivity index (χ4n) is 2.34. The monoisotopic (exact) mass is 320 g/mol. The summed E-state index contributed by atoms with van der Waals surface area (Å²) in [4.78, 5) is 0. The molecule has 0 unspecified atom stereocenters. The summed E-state index contributed by atoms with van der Waals surface area (Å²) in [5, 5.41) is 0. The van der Waals surface area contributed by atoms with Crippen LogP contribution in [0.3, 0.4) is 0 Å². The van der Waals surface area contributed by atoms with Crippen LogP contribution in [0.1, 0.15) is 11.1 Å². The van der Waals surface area contributed by atoms with Crippen LogP contribution in [0.5, 0.6) is 17.2 Å². The summed E-state index contributed by atoms with van der Waals surface area (Å²) in [5.74, 6) is 2.12. The summed E-state index contributed by atoms with van der Waals surface area (Å²) in [6.45, 7) is 1.00. The molecule has 0 amide bonds. The molecule has 0 aromatic heterocycles. The largest absolute Gasteiger partial charge is 0.493 e. The summed E-state index contributed by atoms with van der Waals surface area (Å²) in [6, 6.07) is 25.7. The topological polar surface area (TPSA) is 27.7 Å². The highest BCUT2D eigenvalue weighted by atomic mass is 16.5. The van der Waals surface area contributed by atoms with E-state index in [9.17, 15) is 0 Å². The molecule has 0 saturated carbocycles. The van der Waals surface area contributed by atoms with Gasteiger partial charge in [0.2, 0.25) is 0 Å². The normalized spacial score (nSPS) is 10.2. The van der Waals surface area contributed by atoms with Crippen LogP contribution < -0.4 is 14.2 Å². The number of hydrogen-bond acceptors (Lipinski definition) is 3. The van der Waals surface area contributed by atoms with Gasteiger partial charge in [-0.1, -0.05) is 60.7 Å². The third kappa shape index (κ3) is 4.29. The van der Waals surface area contributed by atoms with E-state index in [0.29, 0.717) is 24.7 Å². The predicted octanol–water partition coefficient (Wildman–Crippen LogP) is 4.85. The van der Waals surface area contributed by atoms with Gasteiger partial charge in [-0.3, -0.25) is 0 Å². The number of hydrogen-bond donors (Lipinski definition) is 0. The van der Waals surface area contributed by atoms with Crippen LogP contribution in [0.15, 0.2) is 78.9 Å². The van der Waals surface area contributed by atoms with Crippen molar-refractivity contribution >= 4 is 0 Å². The van der Waals surface area contributed by atoms with Gasteiger partial charge < -0.3 is 14.2 Å². The minimum Gasteiger partial charge on any atom is -0.493 e. The molecule has 0 fully saturated rings. The fourth-order valence-corrected chi connectivity index (χ4v) is 2.34. The summed E-state index contributed by atoms with van der Waals surface area (Å²) in [6.07, 6.45) is 0. The Balaban J connectivity index is 1.68. The molecule has 0 aliphatic rings. The van der Waals surface area contributed by atoms with Crippen LogP contribution in [-0.2, 0) is 13.2 Å². The molecule has 0 bridgehead atoms. The van der Waals surface area contributed by atoms with E-state index in [0.717, 1.165) is 16.9 Å². The second kappa shape index (κ2) is 8.06. The van der Waals surface area contributed by atoms with Crippen LogP contribution >= 0.6 is 0 Å². The summed E-state index contributed by atoms with van der Waals surface area (Å²) in [5.41, 5.74) is 2.23. The Kier molecular flexibility index (Phi) is 5.36. The molecule has 0 aliphatic carbocycles. The summed E-state index contributed by atoms with van der Waals surface area (Å²) in [7, 11) is 1.63. The lowest BCUT2D eigenvalue weighted by atomic mass is 10.2. The number of methoxy groups -OCH3 is 1. The zero-order valence-corrected chi connectivity index (χ0v) is 13.6. The second-order valence-corrected chi connectivity index (χ2v) is 5.36. The van der Waals surface area contributed by atoms with Gasteiger partial charge >= 0.3 is 0 Å². The predicted molar refractivity (Wildman–Crippen MR) is 94.5 cm³/mol. The van der Waals surface area contributed by atoms with Crippen molar-refractivity contribution in [3.05, 3.63) is 90.0 Å². The average molecular weight is 320 g/mol. The Bertz CT molecular complexity index is 755. The van der Waals surface area contributed by atoms with E-state index in [2.05, 4.69) is 0 Å². The summed E-state index contributed by atoms with van der Waals surface area (Å²) < 4.78 is 17.1. The number of rotatable bonds is 7. The minimum atomic E-state index is 0.485. The van der Waals surface area contributed by atoms with Gasteiger partial charge in [-0.05, 0) is 23.3 Å². The van der Waals surface area contributed by atoms with Crippen LogP contribution in [0, 0.1) is 0 Å². The highest BCUT2D eigenvalue weighted by Gasteiger charge is 2.07. The molecule has 0 spiro atoms. The third-order valence-electron chi connectivity index (χ3n) is 3.62. The van der Waals surface area contributed by atoms with Gasteiger partial charge in [0.15, 0.2) is 11.5 Å². The van der Waals surface area contributed by atoms with Gasteiger partial charge in [0.05, 0.1) is 7.11 Å². The van der Waals surface area contributed by atoms with E-state index in [1.807, 2.05) is 78.9 Å². The lowest BCUT2D eigenvalue weighted by molar-refractivity contribution is 0.275. The van der Waals surface area contributed by atoms with Crippen molar-refractivity contribution in [3.8, 4) is 17.2 Å². The minimum absolute atomic E-state index is 0.485. The molecule has 3 rings (SSSR count). The van der Waals surface area contributed by atoms with Gasteiger partial charge in [0, 0.05) is 6.07 Å². The maximum Gasteiger partial charge on any atom is 0.165 e. The van der Waals surface area contributed by atoms with Crippen molar-refractivity contribution in [2.75, 3.05) is 7.11 Å². The maximum atomic E-state index is 5.90. The lowest BCUT2D eigenvalue weighted by Crippen LogP contribution is -1.99. The number of benzene rings is 3. The van der Waals surface area contributed by atoms with Crippen molar-refractivity contribution in [2.24, 2.45) is 0 Å². The molecule has 0 heterocycles. The molecule has 3 heteroatoms. The molecular formula is C21H20O3. The Morgan fingerprint density at radius 2 is 1.21 bits per heavy atom. The maximum absolute atomic E-state index is 5.90. The van der Waals surface area contributed by atoms with E-state index in [1.165, 1.54) is 0 Å². The Labute approximate surface area is 142 Å². The molecular weight excluding hydrogens is 300 g/mol. The Hall–Kier alpha value is -2.94. The van der Waals surface area contributed by atoms with Crippen molar-refractivity contribution in [3.63, 3.8) is 0 Å². The van der Waals surface area contributed by atoms with Gasteiger partial charge in [-0.2, -0.15) is 0 Å². The van der Waals surface area contributed by atoms with Crippen LogP contribution in [-0.4, -0.2) is 7.11 Å². The zero-order chi connectivity index (χ0) is 16.6. The molecule has 0 N–H and O–H groups in total. The van der Waals surface area contributed by atoms with Crippen LogP contribution in [0.25, 0.3) is 0 Å². The van der Waals surface area contributed by atoms with E-state index in [4.69, 9.17) is 14.2 Å². The quantitative estimate of drug-likeness (QED) is 0.622. The van der Waals surface area contributed by atoms with Crippen LogP contribution in [0.2, 0.25) is 0 Å². The van der Waals surface area contributed by atoms with E-state index < -0.39 is 0 Å². The van der Waals surface area contributed by atoms with Crippen molar-refractivity contribution in [1.82, 2.24) is 0 Å². The molecule has 122 valence electrons. The van der Waals surface area contributed by atoms with E-state index >= 15 is 0 Å². The van der Waals surface area contributed by atoms with Gasteiger partial charge in [0.25, 0.3) is 0 Å². The lowest BCUT2D eigenvalue weighted by Gasteiger charge is -2.13. The second-order valence-electron chi connectivity index (χ2n) is 5.36. The smallest absolute Gasteiger partial charge is 0.165 e. The molecule has 3 nitrogen and oxygen atoms in total. The molecule has 0 atom stereocenters. The highest BCUT2D eigenvalue weighted by Crippen LogP contribution is 2.32. The molecule has 0 saturated heterocycles. The van der Waals surface area contributed by atoms with Crippen LogP contribution in [0.4, 0.5) is 0 Å². The molecule has 0 aliphatic heterocycles. The zero-order valence-electron chi connectivity index (χ0n) is 13.6. The molecule has 3 aromatic rings. The van der Waals surface area contributed by atoms with E-state index in [-0.39, 0.29) is 0 Å². The fraction of sp³-hybridized carbons (Fsp3) is 0.143. The molecule has 3 aromatic carbocycles.